The lowest BCUT2D eigenvalue weighted by atomic mass is 9.92. The molecule has 4 N–H and O–H groups in total. The fraction of sp³-hybridized carbons (Fsp3) is 0.476. The van der Waals surface area contributed by atoms with Crippen LogP contribution in [0.2, 0.25) is 0 Å². The van der Waals surface area contributed by atoms with E-state index in [2.05, 4.69) is 26.7 Å². The first kappa shape index (κ1) is 18.6. The number of hydrogen-bond acceptors (Lipinski definition) is 6. The van der Waals surface area contributed by atoms with E-state index in [0.717, 1.165) is 38.5 Å². The number of pyridine rings is 2. The van der Waals surface area contributed by atoms with Gasteiger partial charge in [-0.3, -0.25) is 0 Å². The van der Waals surface area contributed by atoms with Crippen molar-refractivity contribution in [2.75, 3.05) is 17.2 Å². The molecular formula is C21H25FN6. The molecule has 0 amide bonds. The molecule has 28 heavy (non-hydrogen) atoms. The summed E-state index contributed by atoms with van der Waals surface area (Å²) in [7, 11) is 0. The first-order valence-electron chi connectivity index (χ1n) is 9.87. The van der Waals surface area contributed by atoms with Gasteiger partial charge in [0.05, 0.1) is 23.4 Å². The minimum Gasteiger partial charge on any atom is -0.368 e. The minimum absolute atomic E-state index is 0.265. The lowest BCUT2D eigenvalue weighted by molar-refractivity contribution is 0.410. The van der Waals surface area contributed by atoms with Gasteiger partial charge in [-0.2, -0.15) is 5.26 Å². The van der Waals surface area contributed by atoms with Crippen LogP contribution in [0, 0.1) is 22.6 Å². The summed E-state index contributed by atoms with van der Waals surface area (Å²) < 4.78 is 14.4. The zero-order chi connectivity index (χ0) is 19.6. The van der Waals surface area contributed by atoms with Gasteiger partial charge in [0.2, 0.25) is 0 Å². The highest BCUT2D eigenvalue weighted by Gasteiger charge is 2.42. The lowest BCUT2D eigenvalue weighted by Crippen LogP contribution is -2.33. The number of anilines is 2. The predicted octanol–water partition coefficient (Wildman–Crippen LogP) is 3.68. The van der Waals surface area contributed by atoms with Gasteiger partial charge in [0.25, 0.3) is 0 Å². The molecule has 0 aromatic carbocycles. The Morgan fingerprint density at radius 3 is 2.71 bits per heavy atom. The van der Waals surface area contributed by atoms with Gasteiger partial charge in [-0.05, 0) is 56.7 Å². The Balaban J connectivity index is 1.49. The molecule has 2 heterocycles. The van der Waals surface area contributed by atoms with Crippen LogP contribution in [0.1, 0.15) is 38.5 Å². The number of halogens is 1. The first-order chi connectivity index (χ1) is 13.6. The number of nitrogens with zero attached hydrogens (tertiary/aromatic N) is 3. The molecule has 2 aromatic heterocycles. The maximum absolute atomic E-state index is 14.4. The number of nitriles is 1. The summed E-state index contributed by atoms with van der Waals surface area (Å²) in [6, 6.07) is 10.1. The third kappa shape index (κ3) is 4.23. The summed E-state index contributed by atoms with van der Waals surface area (Å²) >= 11 is 0. The fourth-order valence-corrected chi connectivity index (χ4v) is 3.61. The van der Waals surface area contributed by atoms with Crippen LogP contribution in [0.15, 0.2) is 30.5 Å². The van der Waals surface area contributed by atoms with Crippen LogP contribution in [-0.4, -0.2) is 28.6 Å². The summed E-state index contributed by atoms with van der Waals surface area (Å²) in [6.07, 6.45) is 7.04. The molecule has 2 aliphatic rings. The van der Waals surface area contributed by atoms with Crippen LogP contribution < -0.4 is 16.4 Å². The molecule has 0 radical (unpaired) electrons. The van der Waals surface area contributed by atoms with Crippen LogP contribution in [0.3, 0.4) is 0 Å². The van der Waals surface area contributed by atoms with Gasteiger partial charge in [-0.1, -0.05) is 6.07 Å². The summed E-state index contributed by atoms with van der Waals surface area (Å²) in [4.78, 5) is 8.73. The van der Waals surface area contributed by atoms with Gasteiger partial charge in [-0.15, -0.1) is 0 Å². The highest BCUT2D eigenvalue weighted by Crippen LogP contribution is 2.44. The van der Waals surface area contributed by atoms with Crippen molar-refractivity contribution in [1.29, 1.82) is 5.26 Å². The smallest absolute Gasteiger partial charge is 0.151 e. The Bertz CT molecular complexity index is 881. The van der Waals surface area contributed by atoms with Crippen LogP contribution >= 0.6 is 0 Å². The Labute approximate surface area is 164 Å². The van der Waals surface area contributed by atoms with Gasteiger partial charge in [0.15, 0.2) is 5.82 Å². The average Bonchev–Trinajstić information content (AvgIpc) is 3.50. The van der Waals surface area contributed by atoms with E-state index in [1.165, 1.54) is 6.20 Å². The van der Waals surface area contributed by atoms with Crippen LogP contribution in [0.25, 0.3) is 11.3 Å². The van der Waals surface area contributed by atoms with Crippen molar-refractivity contribution in [2.24, 2.45) is 11.1 Å². The summed E-state index contributed by atoms with van der Waals surface area (Å²) in [6.45, 7) is 0.565. The highest BCUT2D eigenvalue weighted by molar-refractivity contribution is 5.65. The maximum atomic E-state index is 14.4. The van der Waals surface area contributed by atoms with Crippen LogP contribution in [0.4, 0.5) is 16.0 Å². The molecule has 0 unspecified atom stereocenters. The van der Waals surface area contributed by atoms with E-state index in [9.17, 15) is 9.65 Å². The third-order valence-electron chi connectivity index (χ3n) is 5.70. The standard InChI is InChI=1S/C21H25FN6/c22-17-11-25-20(27-15-6-4-14(24)5-7-15)10-16(17)18-2-1-3-19(28-18)26-13-21(12-23)8-9-21/h1-3,10-11,14-15H,4-9,13,24H2,(H,25,27)(H,26,28). The second kappa shape index (κ2) is 7.72. The first-order valence-corrected chi connectivity index (χ1v) is 9.87. The summed E-state index contributed by atoms with van der Waals surface area (Å²) in [5.74, 6) is 0.890. The van der Waals surface area contributed by atoms with Crippen molar-refractivity contribution < 1.29 is 4.39 Å². The van der Waals surface area contributed by atoms with E-state index in [4.69, 9.17) is 5.73 Å². The molecule has 0 atom stereocenters. The van der Waals surface area contributed by atoms with Crippen molar-refractivity contribution in [1.82, 2.24) is 9.97 Å². The number of nitrogens with two attached hydrogens (primary N) is 1. The van der Waals surface area contributed by atoms with Gasteiger partial charge in [-0.25, -0.2) is 14.4 Å². The van der Waals surface area contributed by atoms with E-state index in [1.807, 2.05) is 12.1 Å². The maximum Gasteiger partial charge on any atom is 0.151 e. The number of rotatable bonds is 6. The normalized spacial score (nSPS) is 22.9. The van der Waals surface area contributed by atoms with Crippen molar-refractivity contribution in [3.05, 3.63) is 36.3 Å². The molecule has 146 valence electrons. The van der Waals surface area contributed by atoms with Crippen LogP contribution in [-0.2, 0) is 0 Å². The molecule has 6 nitrogen and oxygen atoms in total. The number of aromatic nitrogens is 2. The van der Waals surface area contributed by atoms with E-state index in [0.29, 0.717) is 35.5 Å². The van der Waals surface area contributed by atoms with Crippen molar-refractivity contribution in [2.45, 2.75) is 50.6 Å². The second-order valence-corrected chi connectivity index (χ2v) is 7.96. The molecule has 0 saturated heterocycles. The zero-order valence-electron chi connectivity index (χ0n) is 15.8. The second-order valence-electron chi connectivity index (χ2n) is 7.96. The topological polar surface area (TPSA) is 99.7 Å². The molecule has 2 aliphatic carbocycles. The number of nitrogens with one attached hydrogen (secondary N) is 2. The summed E-state index contributed by atoms with van der Waals surface area (Å²) in [5, 5.41) is 15.8. The number of hydrogen-bond donors (Lipinski definition) is 3. The fourth-order valence-electron chi connectivity index (χ4n) is 3.61. The SMILES string of the molecule is N#CC1(CNc2cccc(-c3cc(NC4CCC(N)CC4)ncc3F)n2)CC1. The molecule has 2 fully saturated rings. The Hall–Kier alpha value is -2.72. The minimum atomic E-state index is -0.406. The quantitative estimate of drug-likeness (QED) is 0.707. The Kier molecular flexibility index (Phi) is 5.14. The monoisotopic (exact) mass is 380 g/mol. The molecule has 2 saturated carbocycles. The van der Waals surface area contributed by atoms with Crippen molar-refractivity contribution in [3.8, 4) is 17.3 Å². The van der Waals surface area contributed by atoms with Crippen molar-refractivity contribution in [3.63, 3.8) is 0 Å². The van der Waals surface area contributed by atoms with E-state index < -0.39 is 5.82 Å². The molecular weight excluding hydrogens is 355 g/mol. The van der Waals surface area contributed by atoms with Gasteiger partial charge in [0, 0.05) is 24.2 Å². The third-order valence-corrected chi connectivity index (χ3v) is 5.70. The highest BCUT2D eigenvalue weighted by atomic mass is 19.1. The molecule has 0 bridgehead atoms. The molecule has 2 aromatic rings. The predicted molar refractivity (Wildman–Crippen MR) is 107 cm³/mol. The Morgan fingerprint density at radius 1 is 1.21 bits per heavy atom. The Morgan fingerprint density at radius 2 is 2.00 bits per heavy atom. The summed E-state index contributed by atoms with van der Waals surface area (Å²) in [5.41, 5.74) is 6.65. The molecule has 4 rings (SSSR count). The van der Waals surface area contributed by atoms with Crippen LogP contribution in [0.5, 0.6) is 0 Å². The molecule has 0 spiro atoms. The molecule has 7 heteroatoms. The zero-order valence-corrected chi connectivity index (χ0v) is 15.8. The van der Waals surface area contributed by atoms with Gasteiger partial charge >= 0.3 is 0 Å². The molecule has 0 aliphatic heterocycles. The lowest BCUT2D eigenvalue weighted by Gasteiger charge is -2.27. The van der Waals surface area contributed by atoms with Gasteiger partial charge in [0.1, 0.15) is 11.6 Å². The van der Waals surface area contributed by atoms with Crippen molar-refractivity contribution >= 4 is 11.6 Å². The average molecular weight is 380 g/mol. The van der Waals surface area contributed by atoms with E-state index in [1.54, 1.807) is 12.1 Å². The van der Waals surface area contributed by atoms with E-state index >= 15 is 0 Å². The largest absolute Gasteiger partial charge is 0.368 e. The van der Waals surface area contributed by atoms with E-state index in [-0.39, 0.29) is 11.5 Å². The van der Waals surface area contributed by atoms with Gasteiger partial charge < -0.3 is 16.4 Å².